The molecule has 1 heterocycles. The first-order chi connectivity index (χ1) is 8.86. The smallest absolute Gasteiger partial charge is 0.380 e. The largest absolute Gasteiger partial charge is 0.416 e. The van der Waals surface area contributed by atoms with E-state index in [1.54, 1.807) is 17.4 Å². The molecule has 2 aromatic rings. The topological polar surface area (TPSA) is 12.0 Å². The van der Waals surface area contributed by atoms with Crippen LogP contribution >= 0.6 is 27.3 Å². The van der Waals surface area contributed by atoms with Crippen LogP contribution in [0.25, 0.3) is 0 Å². The van der Waals surface area contributed by atoms with Crippen LogP contribution in [0.15, 0.2) is 34.1 Å². The van der Waals surface area contributed by atoms with E-state index in [1.807, 2.05) is 11.4 Å². The third-order valence-corrected chi connectivity index (χ3v) is 4.33. The van der Waals surface area contributed by atoms with E-state index < -0.39 is 11.7 Å². The van der Waals surface area contributed by atoms with Crippen LogP contribution in [0.5, 0.6) is 0 Å². The number of benzene rings is 1. The maximum Gasteiger partial charge on any atom is 0.416 e. The van der Waals surface area contributed by atoms with Gasteiger partial charge in [0.25, 0.3) is 0 Å². The molecule has 0 amide bonds. The first-order valence-corrected chi connectivity index (χ1v) is 7.18. The van der Waals surface area contributed by atoms with E-state index in [2.05, 4.69) is 21.2 Å². The van der Waals surface area contributed by atoms with E-state index in [-0.39, 0.29) is 5.56 Å². The monoisotopic (exact) mass is 349 g/mol. The molecule has 0 aliphatic rings. The van der Waals surface area contributed by atoms with E-state index in [0.717, 1.165) is 15.4 Å². The fourth-order valence-electron chi connectivity index (χ4n) is 1.67. The molecule has 1 aromatic carbocycles. The SMILES string of the molecule is Cc1ccc(NCc2cc(Br)cs2)cc1C(F)(F)F. The lowest BCUT2D eigenvalue weighted by atomic mass is 10.1. The zero-order valence-electron chi connectivity index (χ0n) is 10.0. The summed E-state index contributed by atoms with van der Waals surface area (Å²) in [4.78, 5) is 1.06. The number of thiophene rings is 1. The van der Waals surface area contributed by atoms with Gasteiger partial charge in [-0.3, -0.25) is 0 Å². The van der Waals surface area contributed by atoms with Gasteiger partial charge in [-0.15, -0.1) is 11.3 Å². The molecular formula is C13H11BrF3NS. The molecule has 0 saturated heterocycles. The molecule has 6 heteroatoms. The summed E-state index contributed by atoms with van der Waals surface area (Å²) in [5.41, 5.74) is 0.115. The zero-order chi connectivity index (χ0) is 14.0. The Morgan fingerprint density at radius 3 is 2.58 bits per heavy atom. The summed E-state index contributed by atoms with van der Waals surface area (Å²) in [6.45, 7) is 1.97. The molecule has 19 heavy (non-hydrogen) atoms. The summed E-state index contributed by atoms with van der Waals surface area (Å²) < 4.78 is 39.3. The Hall–Kier alpha value is -1.01. The van der Waals surface area contributed by atoms with Gasteiger partial charge >= 0.3 is 6.18 Å². The summed E-state index contributed by atoms with van der Waals surface area (Å²) in [7, 11) is 0. The third kappa shape index (κ3) is 3.73. The van der Waals surface area contributed by atoms with E-state index in [4.69, 9.17) is 0 Å². The first-order valence-electron chi connectivity index (χ1n) is 5.51. The number of rotatable bonds is 3. The van der Waals surface area contributed by atoms with E-state index in [0.29, 0.717) is 12.2 Å². The van der Waals surface area contributed by atoms with Crippen molar-refractivity contribution in [2.75, 3.05) is 5.32 Å². The highest BCUT2D eigenvalue weighted by Crippen LogP contribution is 2.33. The molecule has 0 unspecified atom stereocenters. The van der Waals surface area contributed by atoms with Crippen LogP contribution in [0.4, 0.5) is 18.9 Å². The molecule has 0 aliphatic carbocycles. The molecule has 1 aromatic heterocycles. The van der Waals surface area contributed by atoms with Crippen molar-refractivity contribution in [3.8, 4) is 0 Å². The quantitative estimate of drug-likeness (QED) is 0.776. The summed E-state index contributed by atoms with van der Waals surface area (Å²) >= 11 is 4.89. The van der Waals surface area contributed by atoms with Crippen molar-refractivity contribution < 1.29 is 13.2 Å². The number of anilines is 1. The fraction of sp³-hybridized carbons (Fsp3) is 0.231. The first kappa shape index (κ1) is 14.4. The second kappa shape index (κ2) is 5.54. The van der Waals surface area contributed by atoms with Gasteiger partial charge in [0.05, 0.1) is 5.56 Å². The van der Waals surface area contributed by atoms with E-state index >= 15 is 0 Å². The Morgan fingerprint density at radius 2 is 2.00 bits per heavy atom. The number of hydrogen-bond donors (Lipinski definition) is 1. The molecule has 0 fully saturated rings. The van der Waals surface area contributed by atoms with Crippen molar-refractivity contribution in [2.24, 2.45) is 0 Å². The Morgan fingerprint density at radius 1 is 1.26 bits per heavy atom. The van der Waals surface area contributed by atoms with Crippen LogP contribution in [0.1, 0.15) is 16.0 Å². The van der Waals surface area contributed by atoms with Crippen LogP contribution in [0.2, 0.25) is 0 Å². The lowest BCUT2D eigenvalue weighted by Crippen LogP contribution is -2.08. The molecule has 1 N–H and O–H groups in total. The highest BCUT2D eigenvalue weighted by molar-refractivity contribution is 9.10. The van der Waals surface area contributed by atoms with Crippen LogP contribution in [0.3, 0.4) is 0 Å². The zero-order valence-corrected chi connectivity index (χ0v) is 12.4. The Bertz CT molecular complexity index is 578. The highest BCUT2D eigenvalue weighted by atomic mass is 79.9. The number of nitrogens with one attached hydrogen (secondary N) is 1. The summed E-state index contributed by atoms with van der Waals surface area (Å²) in [5.74, 6) is 0. The van der Waals surface area contributed by atoms with E-state index in [9.17, 15) is 13.2 Å². The van der Waals surface area contributed by atoms with Gasteiger partial charge in [-0.25, -0.2) is 0 Å². The average Bonchev–Trinajstić information content (AvgIpc) is 2.72. The van der Waals surface area contributed by atoms with Crippen molar-refractivity contribution in [2.45, 2.75) is 19.6 Å². The normalized spacial score (nSPS) is 11.6. The summed E-state index contributed by atoms with van der Waals surface area (Å²) in [6, 6.07) is 6.23. The molecule has 0 bridgehead atoms. The fourth-order valence-corrected chi connectivity index (χ4v) is 3.06. The Balaban J connectivity index is 2.13. The minimum atomic E-state index is -4.31. The van der Waals surface area contributed by atoms with Gasteiger partial charge in [-0.05, 0) is 46.6 Å². The van der Waals surface area contributed by atoms with Crippen LogP contribution < -0.4 is 5.32 Å². The highest BCUT2D eigenvalue weighted by Gasteiger charge is 2.32. The predicted octanol–water partition coefficient (Wildman–Crippen LogP) is 5.45. The number of hydrogen-bond acceptors (Lipinski definition) is 2. The number of alkyl halides is 3. The molecule has 0 atom stereocenters. The van der Waals surface area contributed by atoms with Gasteiger partial charge in [-0.2, -0.15) is 13.2 Å². The van der Waals surface area contributed by atoms with Crippen molar-refractivity contribution in [3.63, 3.8) is 0 Å². The molecule has 0 spiro atoms. The second-order valence-corrected chi connectivity index (χ2v) is 6.02. The van der Waals surface area contributed by atoms with Gasteiger partial charge in [0.2, 0.25) is 0 Å². The maximum absolute atomic E-state index is 12.8. The van der Waals surface area contributed by atoms with Crippen LogP contribution in [-0.2, 0) is 12.7 Å². The molecule has 0 aliphatic heterocycles. The van der Waals surface area contributed by atoms with Gasteiger partial charge < -0.3 is 5.32 Å². The molecule has 0 radical (unpaired) electrons. The minimum absolute atomic E-state index is 0.233. The van der Waals surface area contributed by atoms with Crippen molar-refractivity contribution in [1.29, 1.82) is 0 Å². The average molecular weight is 350 g/mol. The second-order valence-electron chi connectivity index (χ2n) is 4.11. The summed E-state index contributed by atoms with van der Waals surface area (Å²) in [6.07, 6.45) is -4.31. The van der Waals surface area contributed by atoms with Gasteiger partial charge in [-0.1, -0.05) is 6.07 Å². The Kier molecular flexibility index (Phi) is 4.20. The van der Waals surface area contributed by atoms with Crippen molar-refractivity contribution in [1.82, 2.24) is 0 Å². The molecule has 0 saturated carbocycles. The van der Waals surface area contributed by atoms with Crippen molar-refractivity contribution in [3.05, 3.63) is 50.1 Å². The number of halogens is 4. The van der Waals surface area contributed by atoms with Crippen LogP contribution in [0, 0.1) is 6.92 Å². The molecule has 2 rings (SSSR count). The number of aryl methyl sites for hydroxylation is 1. The van der Waals surface area contributed by atoms with Gasteiger partial charge in [0.1, 0.15) is 0 Å². The van der Waals surface area contributed by atoms with Gasteiger partial charge in [0.15, 0.2) is 0 Å². The maximum atomic E-state index is 12.8. The molecule has 102 valence electrons. The van der Waals surface area contributed by atoms with Crippen molar-refractivity contribution >= 4 is 33.0 Å². The molecule has 1 nitrogen and oxygen atoms in total. The molecular weight excluding hydrogens is 339 g/mol. The standard InChI is InChI=1S/C13H11BrF3NS/c1-8-2-3-10(5-12(8)13(15,16)17)18-6-11-4-9(14)7-19-11/h2-5,7,18H,6H2,1H3. The van der Waals surface area contributed by atoms with Crippen LogP contribution in [-0.4, -0.2) is 0 Å². The Labute approximate surface area is 121 Å². The summed E-state index contributed by atoms with van der Waals surface area (Å²) in [5, 5.41) is 4.94. The minimum Gasteiger partial charge on any atom is -0.380 e. The lowest BCUT2D eigenvalue weighted by Gasteiger charge is -2.13. The predicted molar refractivity (Wildman–Crippen MR) is 75.5 cm³/mol. The lowest BCUT2D eigenvalue weighted by molar-refractivity contribution is -0.138. The van der Waals surface area contributed by atoms with E-state index in [1.165, 1.54) is 13.0 Å². The third-order valence-electron chi connectivity index (χ3n) is 2.63. The van der Waals surface area contributed by atoms with Gasteiger partial charge in [0, 0.05) is 27.0 Å².